The Hall–Kier alpha value is -1.69. The molecule has 2 heterocycles. The van der Waals surface area contributed by atoms with Gasteiger partial charge >= 0.3 is 11.8 Å². The van der Waals surface area contributed by atoms with Crippen LogP contribution in [0, 0.1) is 12.8 Å². The summed E-state index contributed by atoms with van der Waals surface area (Å²) in [6.07, 6.45) is 0.986. The highest BCUT2D eigenvalue weighted by Crippen LogP contribution is 2.23. The smallest absolute Gasteiger partial charge is 0.316 e. The number of carbonyl (C=O) groups excluding carboxylic acids is 1. The van der Waals surface area contributed by atoms with Crippen molar-refractivity contribution in [3.8, 4) is 0 Å². The van der Waals surface area contributed by atoms with E-state index in [0.29, 0.717) is 11.7 Å². The van der Waals surface area contributed by atoms with Gasteiger partial charge in [-0.3, -0.25) is 4.79 Å². The van der Waals surface area contributed by atoms with Gasteiger partial charge in [-0.25, -0.2) is 0 Å². The molecular formula is C14H14BrN3O2. The number of rotatable bonds is 3. The normalized spacial score (nSPS) is 15.2. The minimum atomic E-state index is -0.169. The van der Waals surface area contributed by atoms with E-state index in [0.717, 1.165) is 24.0 Å². The lowest BCUT2D eigenvalue weighted by atomic mass is 9.92. The van der Waals surface area contributed by atoms with Gasteiger partial charge in [0, 0.05) is 17.6 Å². The molecule has 1 aromatic heterocycles. The Balaban J connectivity index is 1.53. The first-order chi connectivity index (χ1) is 9.61. The van der Waals surface area contributed by atoms with Gasteiger partial charge in [0.05, 0.1) is 0 Å². The lowest BCUT2D eigenvalue weighted by Gasteiger charge is -2.38. The van der Waals surface area contributed by atoms with Crippen LogP contribution in [0.4, 0.5) is 0 Å². The number of nitrogens with zero attached hydrogens (tertiary/aromatic N) is 3. The minimum Gasteiger partial charge on any atom is -0.334 e. The van der Waals surface area contributed by atoms with Gasteiger partial charge in [0.2, 0.25) is 0 Å². The van der Waals surface area contributed by atoms with Crippen molar-refractivity contribution in [3.63, 3.8) is 0 Å². The topological polar surface area (TPSA) is 59.2 Å². The van der Waals surface area contributed by atoms with E-state index >= 15 is 0 Å². The quantitative estimate of drug-likeness (QED) is 0.864. The third-order valence-corrected chi connectivity index (χ3v) is 3.92. The molecule has 5 nitrogen and oxygen atoms in total. The van der Waals surface area contributed by atoms with Crippen LogP contribution in [0.25, 0.3) is 0 Å². The monoisotopic (exact) mass is 335 g/mol. The van der Waals surface area contributed by atoms with Crippen LogP contribution in [0.5, 0.6) is 0 Å². The Morgan fingerprint density at radius 1 is 1.40 bits per heavy atom. The number of aryl methyl sites for hydroxylation is 1. The summed E-state index contributed by atoms with van der Waals surface area (Å²) in [6.45, 7) is 3.19. The summed E-state index contributed by atoms with van der Waals surface area (Å²) < 4.78 is 5.97. The van der Waals surface area contributed by atoms with Crippen molar-refractivity contribution >= 4 is 21.8 Å². The molecule has 104 valence electrons. The molecule has 20 heavy (non-hydrogen) atoms. The van der Waals surface area contributed by atoms with Crippen molar-refractivity contribution in [2.75, 3.05) is 13.1 Å². The van der Waals surface area contributed by atoms with Gasteiger partial charge in [-0.15, -0.1) is 0 Å². The number of hydrogen-bond donors (Lipinski definition) is 0. The predicted octanol–water partition coefficient (Wildman–Crippen LogP) is 2.46. The van der Waals surface area contributed by atoms with Gasteiger partial charge in [-0.1, -0.05) is 33.2 Å². The number of likely N-dealkylation sites (tertiary alicyclic amines) is 1. The third kappa shape index (κ3) is 2.75. The molecule has 0 spiro atoms. The summed E-state index contributed by atoms with van der Waals surface area (Å²) in [4.78, 5) is 17.7. The highest BCUT2D eigenvalue weighted by atomic mass is 79.9. The van der Waals surface area contributed by atoms with E-state index in [9.17, 15) is 4.79 Å². The summed E-state index contributed by atoms with van der Waals surface area (Å²) in [5.74, 6) is 0.909. The van der Waals surface area contributed by atoms with E-state index in [2.05, 4.69) is 38.2 Å². The first-order valence-corrected chi connectivity index (χ1v) is 7.25. The van der Waals surface area contributed by atoms with Crippen molar-refractivity contribution in [1.29, 1.82) is 0 Å². The van der Waals surface area contributed by atoms with Crippen LogP contribution in [0.2, 0.25) is 0 Å². The van der Waals surface area contributed by atoms with Crippen LogP contribution in [0.3, 0.4) is 0 Å². The van der Waals surface area contributed by atoms with Gasteiger partial charge in [-0.2, -0.15) is 4.98 Å². The highest BCUT2D eigenvalue weighted by Gasteiger charge is 2.33. The summed E-state index contributed by atoms with van der Waals surface area (Å²) in [5, 5.41) is 3.64. The van der Waals surface area contributed by atoms with E-state index < -0.39 is 0 Å². The third-order valence-electron chi connectivity index (χ3n) is 3.39. The van der Waals surface area contributed by atoms with Crippen LogP contribution in [0.1, 0.15) is 22.1 Å². The Morgan fingerprint density at radius 3 is 2.70 bits per heavy atom. The number of halogens is 1. The van der Waals surface area contributed by atoms with Gasteiger partial charge in [-0.05, 0) is 37.0 Å². The highest BCUT2D eigenvalue weighted by molar-refractivity contribution is 9.10. The number of aromatic nitrogens is 2. The number of carbonyl (C=O) groups is 1. The zero-order valence-electron chi connectivity index (χ0n) is 11.0. The second-order valence-corrected chi connectivity index (χ2v) is 5.97. The maximum Gasteiger partial charge on any atom is 0.316 e. The number of benzene rings is 1. The summed E-state index contributed by atoms with van der Waals surface area (Å²) in [6, 6.07) is 8.29. The van der Waals surface area contributed by atoms with Gasteiger partial charge in [0.15, 0.2) is 5.82 Å². The maximum absolute atomic E-state index is 12.0. The molecule has 1 aliphatic rings. The van der Waals surface area contributed by atoms with Crippen molar-refractivity contribution in [1.82, 2.24) is 15.0 Å². The molecule has 1 fully saturated rings. The lowest BCUT2D eigenvalue weighted by molar-refractivity contribution is 0.0452. The van der Waals surface area contributed by atoms with Crippen molar-refractivity contribution in [3.05, 3.63) is 46.0 Å². The standard InChI is InChI=1S/C14H14BrN3O2/c1-9-16-13(20-17-9)14(19)18-7-11(8-18)6-10-2-4-12(15)5-3-10/h2-5,11H,6-8H2,1H3. The Morgan fingerprint density at radius 2 is 2.10 bits per heavy atom. The van der Waals surface area contributed by atoms with E-state index in [1.807, 2.05) is 12.1 Å². The molecule has 0 aliphatic carbocycles. The molecule has 0 saturated carbocycles. The largest absolute Gasteiger partial charge is 0.334 e. The number of amides is 1. The maximum atomic E-state index is 12.0. The lowest BCUT2D eigenvalue weighted by Crippen LogP contribution is -2.50. The molecule has 1 saturated heterocycles. The van der Waals surface area contributed by atoms with E-state index in [1.165, 1.54) is 5.56 Å². The summed E-state index contributed by atoms with van der Waals surface area (Å²) in [5.41, 5.74) is 1.29. The second kappa shape index (κ2) is 5.36. The molecule has 3 rings (SSSR count). The molecule has 0 bridgehead atoms. The van der Waals surface area contributed by atoms with Crippen LogP contribution in [0.15, 0.2) is 33.3 Å². The van der Waals surface area contributed by atoms with Crippen molar-refractivity contribution in [2.45, 2.75) is 13.3 Å². The average molecular weight is 336 g/mol. The van der Waals surface area contributed by atoms with Crippen molar-refractivity contribution < 1.29 is 9.32 Å². The van der Waals surface area contributed by atoms with E-state index in [1.54, 1.807) is 11.8 Å². The van der Waals surface area contributed by atoms with Crippen molar-refractivity contribution in [2.24, 2.45) is 5.92 Å². The van der Waals surface area contributed by atoms with Gasteiger partial charge < -0.3 is 9.42 Å². The molecule has 6 heteroatoms. The van der Waals surface area contributed by atoms with E-state index in [-0.39, 0.29) is 11.8 Å². The molecular weight excluding hydrogens is 322 g/mol. The molecule has 1 aliphatic heterocycles. The fourth-order valence-corrected chi connectivity index (χ4v) is 2.60. The first kappa shape index (κ1) is 13.3. The molecule has 0 radical (unpaired) electrons. The summed E-state index contributed by atoms with van der Waals surface area (Å²) in [7, 11) is 0. The molecule has 0 N–H and O–H groups in total. The summed E-state index contributed by atoms with van der Waals surface area (Å²) >= 11 is 3.42. The van der Waals surface area contributed by atoms with Crippen LogP contribution in [-0.2, 0) is 6.42 Å². The van der Waals surface area contributed by atoms with Crippen LogP contribution >= 0.6 is 15.9 Å². The predicted molar refractivity (Wildman–Crippen MR) is 76.3 cm³/mol. The SMILES string of the molecule is Cc1noc(C(=O)N2CC(Cc3ccc(Br)cc3)C2)n1. The number of hydrogen-bond acceptors (Lipinski definition) is 4. The molecule has 1 amide bonds. The minimum absolute atomic E-state index is 0.0876. The molecule has 2 aromatic rings. The molecule has 0 atom stereocenters. The zero-order valence-corrected chi connectivity index (χ0v) is 12.6. The molecule has 1 aromatic carbocycles. The van der Waals surface area contributed by atoms with E-state index in [4.69, 9.17) is 4.52 Å². The van der Waals surface area contributed by atoms with Gasteiger partial charge in [0.1, 0.15) is 0 Å². The van der Waals surface area contributed by atoms with Crippen LogP contribution in [-0.4, -0.2) is 34.0 Å². The molecule has 0 unspecified atom stereocenters. The fourth-order valence-electron chi connectivity index (χ4n) is 2.34. The Kier molecular flexibility index (Phi) is 3.56. The Bertz CT molecular complexity index is 618. The van der Waals surface area contributed by atoms with Gasteiger partial charge in [0.25, 0.3) is 0 Å². The van der Waals surface area contributed by atoms with Crippen LogP contribution < -0.4 is 0 Å². The Labute approximate surface area is 125 Å². The zero-order chi connectivity index (χ0) is 14.1. The second-order valence-electron chi connectivity index (χ2n) is 5.05. The first-order valence-electron chi connectivity index (χ1n) is 6.46. The fraction of sp³-hybridized carbons (Fsp3) is 0.357. The average Bonchev–Trinajstić information content (AvgIpc) is 2.81.